The highest BCUT2D eigenvalue weighted by Gasteiger charge is 2.24. The van der Waals surface area contributed by atoms with Crippen molar-refractivity contribution in [2.45, 2.75) is 38.8 Å². The van der Waals surface area contributed by atoms with Crippen LogP contribution in [0.15, 0.2) is 60.9 Å². The summed E-state index contributed by atoms with van der Waals surface area (Å²) >= 11 is 0. The second kappa shape index (κ2) is 11.5. The molecule has 2 heterocycles. The Balaban J connectivity index is 1.37. The van der Waals surface area contributed by atoms with Crippen molar-refractivity contribution < 1.29 is 24.2 Å². The topological polar surface area (TPSA) is 114 Å². The summed E-state index contributed by atoms with van der Waals surface area (Å²) in [6.07, 6.45) is 4.83. The molecule has 0 radical (unpaired) electrons. The van der Waals surface area contributed by atoms with Crippen molar-refractivity contribution in [3.8, 4) is 11.5 Å². The van der Waals surface area contributed by atoms with E-state index in [0.717, 1.165) is 30.9 Å². The Labute approximate surface area is 210 Å². The SMILES string of the molecule is CCOc1ccccc1OC1CCCN(c2ncc(C(=O)NC(C)c3cccc(C(=O)O)c3)cn2)C1. The minimum atomic E-state index is -1.01. The molecule has 1 aliphatic heterocycles. The number of hydrogen-bond donors (Lipinski definition) is 2. The summed E-state index contributed by atoms with van der Waals surface area (Å²) in [4.78, 5) is 34.8. The third-order valence-corrected chi connectivity index (χ3v) is 5.99. The first-order chi connectivity index (χ1) is 17.4. The van der Waals surface area contributed by atoms with Gasteiger partial charge in [-0.3, -0.25) is 4.79 Å². The number of carbonyl (C=O) groups is 2. The maximum absolute atomic E-state index is 12.7. The van der Waals surface area contributed by atoms with Crippen LogP contribution in [-0.4, -0.2) is 52.8 Å². The molecule has 2 unspecified atom stereocenters. The number of anilines is 1. The first-order valence-electron chi connectivity index (χ1n) is 12.0. The molecule has 1 aliphatic rings. The van der Waals surface area contributed by atoms with Gasteiger partial charge in [-0.25, -0.2) is 14.8 Å². The van der Waals surface area contributed by atoms with E-state index in [1.165, 1.54) is 18.5 Å². The maximum Gasteiger partial charge on any atom is 0.335 e. The first kappa shape index (κ1) is 25.0. The molecule has 188 valence electrons. The van der Waals surface area contributed by atoms with Gasteiger partial charge in [0.2, 0.25) is 5.95 Å². The lowest BCUT2D eigenvalue weighted by molar-refractivity contribution is 0.0696. The van der Waals surface area contributed by atoms with Crippen molar-refractivity contribution in [3.05, 3.63) is 77.6 Å². The van der Waals surface area contributed by atoms with Gasteiger partial charge in [-0.15, -0.1) is 0 Å². The van der Waals surface area contributed by atoms with Crippen LogP contribution in [-0.2, 0) is 0 Å². The lowest BCUT2D eigenvalue weighted by atomic mass is 10.0. The fourth-order valence-corrected chi connectivity index (χ4v) is 4.12. The van der Waals surface area contributed by atoms with Crippen LogP contribution in [0.25, 0.3) is 0 Å². The molecule has 1 aromatic heterocycles. The number of carboxylic acid groups (broad SMARTS) is 1. The van der Waals surface area contributed by atoms with Gasteiger partial charge in [-0.1, -0.05) is 24.3 Å². The second-order valence-electron chi connectivity index (χ2n) is 8.61. The molecular formula is C27H30N4O5. The summed E-state index contributed by atoms with van der Waals surface area (Å²) in [6.45, 7) is 5.74. The molecular weight excluding hydrogens is 460 g/mol. The Morgan fingerprint density at radius 3 is 2.58 bits per heavy atom. The highest BCUT2D eigenvalue weighted by Crippen LogP contribution is 2.29. The van der Waals surface area contributed by atoms with Gasteiger partial charge in [-0.2, -0.15) is 0 Å². The predicted octanol–water partition coefficient (Wildman–Crippen LogP) is 4.11. The van der Waals surface area contributed by atoms with Crippen molar-refractivity contribution in [1.29, 1.82) is 0 Å². The van der Waals surface area contributed by atoms with E-state index >= 15 is 0 Å². The third kappa shape index (κ3) is 6.10. The summed E-state index contributed by atoms with van der Waals surface area (Å²) < 4.78 is 11.9. The van der Waals surface area contributed by atoms with Crippen LogP contribution < -0.4 is 19.7 Å². The summed E-state index contributed by atoms with van der Waals surface area (Å²) in [5, 5.41) is 12.1. The zero-order valence-corrected chi connectivity index (χ0v) is 20.4. The number of nitrogens with zero attached hydrogens (tertiary/aromatic N) is 3. The molecule has 2 atom stereocenters. The fraction of sp³-hybridized carbons (Fsp3) is 0.333. The number of amides is 1. The van der Waals surface area contributed by atoms with E-state index in [9.17, 15) is 14.7 Å². The highest BCUT2D eigenvalue weighted by molar-refractivity contribution is 5.94. The fourth-order valence-electron chi connectivity index (χ4n) is 4.12. The normalized spacial score (nSPS) is 16.2. The van der Waals surface area contributed by atoms with E-state index in [1.807, 2.05) is 31.2 Å². The molecule has 1 fully saturated rings. The zero-order valence-electron chi connectivity index (χ0n) is 20.4. The minimum Gasteiger partial charge on any atom is -0.490 e. The molecule has 2 N–H and O–H groups in total. The number of carboxylic acids is 1. The molecule has 3 aromatic rings. The highest BCUT2D eigenvalue weighted by atomic mass is 16.5. The lowest BCUT2D eigenvalue weighted by Gasteiger charge is -2.33. The molecule has 0 saturated carbocycles. The van der Waals surface area contributed by atoms with Crippen LogP contribution >= 0.6 is 0 Å². The predicted molar refractivity (Wildman–Crippen MR) is 135 cm³/mol. The molecule has 2 aromatic carbocycles. The monoisotopic (exact) mass is 490 g/mol. The summed E-state index contributed by atoms with van der Waals surface area (Å²) in [5.74, 6) is 0.653. The zero-order chi connectivity index (χ0) is 25.5. The first-order valence-corrected chi connectivity index (χ1v) is 12.0. The Hall–Kier alpha value is -4.14. The third-order valence-electron chi connectivity index (χ3n) is 5.99. The van der Waals surface area contributed by atoms with Gasteiger partial charge in [0.1, 0.15) is 6.10 Å². The number of nitrogens with one attached hydrogen (secondary N) is 1. The molecule has 1 amide bonds. The van der Waals surface area contributed by atoms with E-state index in [4.69, 9.17) is 9.47 Å². The van der Waals surface area contributed by atoms with Gasteiger partial charge in [0.25, 0.3) is 5.91 Å². The smallest absolute Gasteiger partial charge is 0.335 e. The van der Waals surface area contributed by atoms with Crippen LogP contribution in [0.1, 0.15) is 59.0 Å². The van der Waals surface area contributed by atoms with E-state index in [2.05, 4.69) is 20.2 Å². The van der Waals surface area contributed by atoms with E-state index < -0.39 is 5.97 Å². The number of carbonyl (C=O) groups excluding carboxylic acids is 1. The average Bonchev–Trinajstić information content (AvgIpc) is 2.90. The van der Waals surface area contributed by atoms with Crippen molar-refractivity contribution in [2.75, 3.05) is 24.6 Å². The Kier molecular flexibility index (Phi) is 7.99. The minimum absolute atomic E-state index is 0.0330. The van der Waals surface area contributed by atoms with Gasteiger partial charge in [-0.05, 0) is 56.5 Å². The number of hydrogen-bond acceptors (Lipinski definition) is 7. The van der Waals surface area contributed by atoms with Crippen LogP contribution in [0.4, 0.5) is 5.95 Å². The largest absolute Gasteiger partial charge is 0.490 e. The van der Waals surface area contributed by atoms with Crippen LogP contribution in [0.5, 0.6) is 11.5 Å². The molecule has 36 heavy (non-hydrogen) atoms. The Bertz CT molecular complexity index is 1200. The molecule has 0 spiro atoms. The lowest BCUT2D eigenvalue weighted by Crippen LogP contribution is -2.42. The molecule has 9 heteroatoms. The van der Waals surface area contributed by atoms with Gasteiger partial charge >= 0.3 is 5.97 Å². The number of aromatic nitrogens is 2. The Morgan fingerprint density at radius 2 is 1.86 bits per heavy atom. The second-order valence-corrected chi connectivity index (χ2v) is 8.61. The molecule has 0 aliphatic carbocycles. The van der Waals surface area contributed by atoms with Gasteiger partial charge in [0.15, 0.2) is 11.5 Å². The van der Waals surface area contributed by atoms with Gasteiger partial charge in [0.05, 0.1) is 30.3 Å². The van der Waals surface area contributed by atoms with Crippen LogP contribution in [0.2, 0.25) is 0 Å². The molecule has 1 saturated heterocycles. The standard InChI is InChI=1S/C27H30N4O5/c1-3-35-23-11-4-5-12-24(23)36-22-10-7-13-31(17-22)27-28-15-21(16-29-27)25(32)30-18(2)19-8-6-9-20(14-19)26(33)34/h4-6,8-9,11-12,14-16,18,22H,3,7,10,13,17H2,1-2H3,(H,30,32)(H,33,34). The summed E-state index contributed by atoms with van der Waals surface area (Å²) in [7, 11) is 0. The van der Waals surface area contributed by atoms with E-state index in [0.29, 0.717) is 30.2 Å². The number of piperidine rings is 1. The maximum atomic E-state index is 12.7. The summed E-state index contributed by atoms with van der Waals surface area (Å²) in [6, 6.07) is 13.8. The quantitative estimate of drug-likeness (QED) is 0.461. The molecule has 0 bridgehead atoms. The van der Waals surface area contributed by atoms with Crippen molar-refractivity contribution >= 4 is 17.8 Å². The van der Waals surface area contributed by atoms with E-state index in [1.54, 1.807) is 25.1 Å². The Morgan fingerprint density at radius 1 is 1.11 bits per heavy atom. The van der Waals surface area contributed by atoms with Gasteiger partial charge in [0, 0.05) is 18.9 Å². The number of ether oxygens (including phenoxy) is 2. The van der Waals surface area contributed by atoms with Crippen molar-refractivity contribution in [2.24, 2.45) is 0 Å². The number of aromatic carboxylic acids is 1. The van der Waals surface area contributed by atoms with Crippen LogP contribution in [0, 0.1) is 0 Å². The summed E-state index contributed by atoms with van der Waals surface area (Å²) in [5.41, 5.74) is 1.20. The number of para-hydroxylation sites is 2. The van der Waals surface area contributed by atoms with Crippen LogP contribution in [0.3, 0.4) is 0 Å². The molecule has 9 nitrogen and oxygen atoms in total. The number of rotatable bonds is 9. The average molecular weight is 491 g/mol. The van der Waals surface area contributed by atoms with Crippen molar-refractivity contribution in [3.63, 3.8) is 0 Å². The molecule has 4 rings (SSSR count). The van der Waals surface area contributed by atoms with Gasteiger partial charge < -0.3 is 24.8 Å². The van der Waals surface area contributed by atoms with Crippen molar-refractivity contribution in [1.82, 2.24) is 15.3 Å². The number of benzene rings is 2. The van der Waals surface area contributed by atoms with E-state index in [-0.39, 0.29) is 23.6 Å².